The number of carbonyl (C=O) groups excluding carboxylic acids is 1. The molecule has 0 bridgehead atoms. The Morgan fingerprint density at radius 2 is 1.81 bits per heavy atom. The van der Waals surface area contributed by atoms with Gasteiger partial charge >= 0.3 is 0 Å². The summed E-state index contributed by atoms with van der Waals surface area (Å²) >= 11 is 3.40. The maximum atomic E-state index is 12.5. The van der Waals surface area contributed by atoms with Crippen molar-refractivity contribution in [2.75, 3.05) is 39.3 Å². The third-order valence-corrected chi connectivity index (χ3v) is 4.74. The second kappa shape index (κ2) is 7.58. The Kier molecular flexibility index (Phi) is 6.05. The van der Waals surface area contributed by atoms with Gasteiger partial charge in [0.1, 0.15) is 0 Å². The van der Waals surface area contributed by atoms with Gasteiger partial charge in [-0.1, -0.05) is 15.9 Å². The van der Waals surface area contributed by atoms with Crippen LogP contribution >= 0.6 is 28.3 Å². The summed E-state index contributed by atoms with van der Waals surface area (Å²) in [6, 6.07) is 8.18. The molecule has 1 aromatic carbocycles. The number of piperazine rings is 1. The average molecular weight is 375 g/mol. The Morgan fingerprint density at radius 1 is 1.14 bits per heavy atom. The molecule has 2 aliphatic heterocycles. The summed E-state index contributed by atoms with van der Waals surface area (Å²) in [5, 5.41) is 3.38. The number of rotatable bonds is 2. The average Bonchev–Trinajstić information content (AvgIpc) is 2.98. The molecule has 1 N–H and O–H groups in total. The van der Waals surface area contributed by atoms with Gasteiger partial charge in [0.15, 0.2) is 0 Å². The molecule has 116 valence electrons. The maximum absolute atomic E-state index is 12.5. The van der Waals surface area contributed by atoms with Crippen molar-refractivity contribution in [3.63, 3.8) is 0 Å². The van der Waals surface area contributed by atoms with Gasteiger partial charge < -0.3 is 10.2 Å². The summed E-state index contributed by atoms with van der Waals surface area (Å²) in [5.74, 6) is 0.162. The Morgan fingerprint density at radius 3 is 2.48 bits per heavy atom. The highest BCUT2D eigenvalue weighted by atomic mass is 79.9. The van der Waals surface area contributed by atoms with E-state index in [0.717, 1.165) is 55.7 Å². The summed E-state index contributed by atoms with van der Waals surface area (Å²) in [6.45, 7) is 6.09. The zero-order chi connectivity index (χ0) is 13.9. The molecule has 21 heavy (non-hydrogen) atoms. The van der Waals surface area contributed by atoms with E-state index in [9.17, 15) is 4.79 Å². The van der Waals surface area contributed by atoms with Gasteiger partial charge in [-0.2, -0.15) is 0 Å². The SMILES string of the molecule is Cl.O=C(c1ccc(Br)cc1)N1CCC(N2CCNCC2)C1. The van der Waals surface area contributed by atoms with Crippen LogP contribution in [0.5, 0.6) is 0 Å². The third kappa shape index (κ3) is 3.97. The van der Waals surface area contributed by atoms with E-state index in [0.29, 0.717) is 6.04 Å². The highest BCUT2D eigenvalue weighted by Gasteiger charge is 2.31. The first-order valence-corrected chi connectivity index (χ1v) is 8.03. The van der Waals surface area contributed by atoms with E-state index in [-0.39, 0.29) is 18.3 Å². The standard InChI is InChI=1S/C15H20BrN3O.ClH/c16-13-3-1-12(2-4-13)15(20)19-8-5-14(11-19)18-9-6-17-7-10-18;/h1-4,14,17H,5-11H2;1H. The highest BCUT2D eigenvalue weighted by Crippen LogP contribution is 2.19. The monoisotopic (exact) mass is 373 g/mol. The lowest BCUT2D eigenvalue weighted by Gasteiger charge is -2.32. The van der Waals surface area contributed by atoms with Crippen LogP contribution in [0, 0.1) is 0 Å². The summed E-state index contributed by atoms with van der Waals surface area (Å²) < 4.78 is 1.01. The normalized spacial score (nSPS) is 22.9. The number of likely N-dealkylation sites (tertiary alicyclic amines) is 1. The smallest absolute Gasteiger partial charge is 0.253 e. The van der Waals surface area contributed by atoms with Gasteiger partial charge in [0.25, 0.3) is 5.91 Å². The summed E-state index contributed by atoms with van der Waals surface area (Å²) in [5.41, 5.74) is 0.786. The second-order valence-electron chi connectivity index (χ2n) is 5.49. The Hall–Kier alpha value is -0.620. The number of nitrogens with one attached hydrogen (secondary N) is 1. The molecule has 2 fully saturated rings. The number of nitrogens with zero attached hydrogens (tertiary/aromatic N) is 2. The first-order chi connectivity index (χ1) is 9.74. The molecule has 1 atom stereocenters. The Balaban J connectivity index is 0.00000161. The molecule has 0 saturated carbocycles. The number of carbonyl (C=O) groups is 1. The lowest BCUT2D eigenvalue weighted by molar-refractivity contribution is 0.0773. The van der Waals surface area contributed by atoms with Gasteiger partial charge in [-0.15, -0.1) is 12.4 Å². The van der Waals surface area contributed by atoms with Crippen LogP contribution in [0.4, 0.5) is 0 Å². The van der Waals surface area contributed by atoms with Gasteiger partial charge in [0, 0.05) is 55.3 Å². The van der Waals surface area contributed by atoms with Crippen LogP contribution in [-0.4, -0.2) is 61.0 Å². The molecule has 0 aromatic heterocycles. The zero-order valence-electron chi connectivity index (χ0n) is 11.9. The van der Waals surface area contributed by atoms with Crippen molar-refractivity contribution < 1.29 is 4.79 Å². The maximum Gasteiger partial charge on any atom is 0.253 e. The molecular weight excluding hydrogens is 354 g/mol. The van der Waals surface area contributed by atoms with Gasteiger partial charge in [-0.25, -0.2) is 0 Å². The minimum absolute atomic E-state index is 0. The highest BCUT2D eigenvalue weighted by molar-refractivity contribution is 9.10. The molecule has 0 spiro atoms. The number of hydrogen-bond donors (Lipinski definition) is 1. The molecule has 1 unspecified atom stereocenters. The van der Waals surface area contributed by atoms with Crippen LogP contribution in [0.2, 0.25) is 0 Å². The van der Waals surface area contributed by atoms with Crippen molar-refractivity contribution in [3.8, 4) is 0 Å². The van der Waals surface area contributed by atoms with Crippen LogP contribution in [0.25, 0.3) is 0 Å². The van der Waals surface area contributed by atoms with E-state index < -0.39 is 0 Å². The van der Waals surface area contributed by atoms with E-state index >= 15 is 0 Å². The Bertz CT molecular complexity index is 476. The van der Waals surface area contributed by atoms with E-state index in [1.165, 1.54) is 0 Å². The van der Waals surface area contributed by atoms with E-state index in [2.05, 4.69) is 26.1 Å². The number of benzene rings is 1. The van der Waals surface area contributed by atoms with E-state index in [1.807, 2.05) is 29.2 Å². The number of halogens is 2. The molecule has 6 heteroatoms. The van der Waals surface area contributed by atoms with Crippen LogP contribution in [0.3, 0.4) is 0 Å². The summed E-state index contributed by atoms with van der Waals surface area (Å²) in [6.07, 6.45) is 1.10. The lowest BCUT2D eigenvalue weighted by atomic mass is 10.2. The fourth-order valence-corrected chi connectivity index (χ4v) is 3.31. The van der Waals surface area contributed by atoms with Crippen LogP contribution in [0.15, 0.2) is 28.7 Å². The predicted octanol–water partition coefficient (Wildman–Crippen LogP) is 1.99. The van der Waals surface area contributed by atoms with E-state index in [4.69, 9.17) is 0 Å². The molecule has 1 aromatic rings. The Labute approximate surface area is 140 Å². The van der Waals surface area contributed by atoms with Crippen LogP contribution < -0.4 is 5.32 Å². The van der Waals surface area contributed by atoms with Gasteiger partial charge in [-0.05, 0) is 30.7 Å². The van der Waals surface area contributed by atoms with Crippen molar-refractivity contribution in [1.29, 1.82) is 0 Å². The van der Waals surface area contributed by atoms with Crippen molar-refractivity contribution >= 4 is 34.2 Å². The minimum atomic E-state index is 0. The predicted molar refractivity (Wildman–Crippen MR) is 90.1 cm³/mol. The molecule has 2 aliphatic rings. The third-order valence-electron chi connectivity index (χ3n) is 4.21. The molecular formula is C15H21BrClN3O. The van der Waals surface area contributed by atoms with Gasteiger partial charge in [-0.3, -0.25) is 9.69 Å². The quantitative estimate of drug-likeness (QED) is 0.860. The van der Waals surface area contributed by atoms with Gasteiger partial charge in [0.05, 0.1) is 0 Å². The van der Waals surface area contributed by atoms with E-state index in [1.54, 1.807) is 0 Å². The molecule has 4 nitrogen and oxygen atoms in total. The van der Waals surface area contributed by atoms with Gasteiger partial charge in [0.2, 0.25) is 0 Å². The molecule has 1 amide bonds. The molecule has 2 saturated heterocycles. The summed E-state index contributed by atoms with van der Waals surface area (Å²) in [4.78, 5) is 17.0. The fourth-order valence-electron chi connectivity index (χ4n) is 3.05. The van der Waals surface area contributed by atoms with Crippen molar-refractivity contribution in [1.82, 2.24) is 15.1 Å². The molecule has 3 rings (SSSR count). The van der Waals surface area contributed by atoms with Crippen molar-refractivity contribution in [2.24, 2.45) is 0 Å². The largest absolute Gasteiger partial charge is 0.337 e. The van der Waals surface area contributed by atoms with Crippen LogP contribution in [-0.2, 0) is 0 Å². The van der Waals surface area contributed by atoms with Crippen LogP contribution in [0.1, 0.15) is 16.8 Å². The molecule has 2 heterocycles. The van der Waals surface area contributed by atoms with Crippen molar-refractivity contribution in [3.05, 3.63) is 34.3 Å². The first-order valence-electron chi connectivity index (χ1n) is 7.23. The minimum Gasteiger partial charge on any atom is -0.337 e. The number of amides is 1. The van der Waals surface area contributed by atoms with Crippen molar-refractivity contribution in [2.45, 2.75) is 12.5 Å². The topological polar surface area (TPSA) is 35.6 Å². The number of hydrogen-bond acceptors (Lipinski definition) is 3. The molecule has 0 aliphatic carbocycles. The first kappa shape index (κ1) is 16.7. The lowest BCUT2D eigenvalue weighted by Crippen LogP contribution is -2.49. The zero-order valence-corrected chi connectivity index (χ0v) is 14.3. The second-order valence-corrected chi connectivity index (χ2v) is 6.40. The summed E-state index contributed by atoms with van der Waals surface area (Å²) in [7, 11) is 0. The fraction of sp³-hybridized carbons (Fsp3) is 0.533. The molecule has 0 radical (unpaired) electrons.